The van der Waals surface area contributed by atoms with Gasteiger partial charge in [-0.15, -0.1) is 0 Å². The molecule has 4 rings (SSSR count). The summed E-state index contributed by atoms with van der Waals surface area (Å²) < 4.78 is 0. The molecular weight excluding hydrogens is 288 g/mol. The van der Waals surface area contributed by atoms with Crippen LogP contribution in [0.2, 0.25) is 0 Å². The molecule has 0 saturated heterocycles. The molecule has 4 fully saturated rings. The second kappa shape index (κ2) is 4.40. The van der Waals surface area contributed by atoms with Gasteiger partial charge in [0.2, 0.25) is 0 Å². The monoisotopic (exact) mass is 318 g/mol. The summed E-state index contributed by atoms with van der Waals surface area (Å²) in [4.78, 5) is 24.7. The van der Waals surface area contributed by atoms with Crippen LogP contribution in [0.5, 0.6) is 0 Å². The number of fused-ring (bicyclic) bond motifs is 3. The van der Waals surface area contributed by atoms with Crippen LogP contribution >= 0.6 is 0 Å². The Morgan fingerprint density at radius 3 is 2.43 bits per heavy atom. The average molecular weight is 318 g/mol. The molecule has 4 saturated carbocycles. The van der Waals surface area contributed by atoms with Gasteiger partial charge in [0.25, 0.3) is 0 Å². The van der Waals surface area contributed by atoms with Crippen molar-refractivity contribution in [1.82, 2.24) is 0 Å². The number of ketones is 1. The lowest BCUT2D eigenvalue weighted by Gasteiger charge is -2.63. The van der Waals surface area contributed by atoms with Crippen molar-refractivity contribution in [3.63, 3.8) is 0 Å². The summed E-state index contributed by atoms with van der Waals surface area (Å²) in [5.74, 6) is 0.704. The third-order valence-electron chi connectivity index (χ3n) is 8.84. The predicted molar refractivity (Wildman–Crippen MR) is 87.9 cm³/mol. The van der Waals surface area contributed by atoms with E-state index in [1.807, 2.05) is 6.92 Å². The molecule has 4 aliphatic rings. The lowest BCUT2D eigenvalue weighted by Crippen LogP contribution is -2.58. The molecule has 0 radical (unpaired) electrons. The van der Waals surface area contributed by atoms with Gasteiger partial charge in [-0.2, -0.15) is 0 Å². The van der Waals surface area contributed by atoms with E-state index in [0.717, 1.165) is 57.8 Å². The van der Waals surface area contributed by atoms with E-state index in [4.69, 9.17) is 0 Å². The van der Waals surface area contributed by atoms with E-state index in [0.29, 0.717) is 11.7 Å². The van der Waals surface area contributed by atoms with Crippen LogP contribution in [0.1, 0.15) is 78.6 Å². The molecule has 128 valence electrons. The highest BCUT2D eigenvalue weighted by molar-refractivity contribution is 5.88. The van der Waals surface area contributed by atoms with Crippen molar-refractivity contribution < 1.29 is 14.7 Å². The standard InChI is InChI=1S/C20H30O3/c1-17-9-5-14-18(2)7-4-8-19(3,16(22)23)13(18)6-10-20(14,12-17)11-15(17)21/h13-14H,4-12H2,1-3H3,(H,22,23)/t13?,14?,17-,18+,19+,20-/m0/s1. The Morgan fingerprint density at radius 1 is 1.04 bits per heavy atom. The van der Waals surface area contributed by atoms with Crippen molar-refractivity contribution in [1.29, 1.82) is 0 Å². The first kappa shape index (κ1) is 15.7. The van der Waals surface area contributed by atoms with E-state index >= 15 is 0 Å². The molecular formula is C20H30O3. The van der Waals surface area contributed by atoms with Crippen molar-refractivity contribution in [2.24, 2.45) is 33.5 Å². The summed E-state index contributed by atoms with van der Waals surface area (Å²) >= 11 is 0. The minimum Gasteiger partial charge on any atom is -0.481 e. The van der Waals surface area contributed by atoms with E-state index in [2.05, 4.69) is 13.8 Å². The van der Waals surface area contributed by atoms with Crippen molar-refractivity contribution in [3.8, 4) is 0 Å². The number of hydrogen-bond donors (Lipinski definition) is 1. The zero-order valence-corrected chi connectivity index (χ0v) is 14.8. The number of carbonyl (C=O) groups excluding carboxylic acids is 1. The molecule has 0 heterocycles. The fraction of sp³-hybridized carbons (Fsp3) is 0.900. The van der Waals surface area contributed by atoms with Crippen LogP contribution in [0.15, 0.2) is 0 Å². The molecule has 3 nitrogen and oxygen atoms in total. The van der Waals surface area contributed by atoms with Gasteiger partial charge in [0.15, 0.2) is 0 Å². The van der Waals surface area contributed by atoms with Gasteiger partial charge >= 0.3 is 5.97 Å². The molecule has 0 aromatic heterocycles. The van der Waals surface area contributed by atoms with E-state index in [9.17, 15) is 14.7 Å². The fourth-order valence-corrected chi connectivity index (χ4v) is 7.76. The zero-order chi connectivity index (χ0) is 16.7. The maximum atomic E-state index is 12.6. The van der Waals surface area contributed by atoms with E-state index < -0.39 is 11.4 Å². The third kappa shape index (κ3) is 1.77. The number of Topliss-reactive ketones (excluding diaryl/α,β-unsaturated/α-hetero) is 1. The van der Waals surface area contributed by atoms with Gasteiger partial charge < -0.3 is 5.11 Å². The minimum absolute atomic E-state index is 0.0789. The molecule has 0 amide bonds. The lowest BCUT2D eigenvalue weighted by atomic mass is 9.40. The molecule has 0 aliphatic heterocycles. The Morgan fingerprint density at radius 2 is 1.74 bits per heavy atom. The van der Waals surface area contributed by atoms with Crippen LogP contribution in [-0.4, -0.2) is 16.9 Å². The summed E-state index contributed by atoms with van der Waals surface area (Å²) in [6, 6.07) is 0. The van der Waals surface area contributed by atoms with Gasteiger partial charge in [0.05, 0.1) is 5.41 Å². The normalized spacial score (nSPS) is 55.2. The molecule has 2 bridgehead atoms. The molecule has 2 unspecified atom stereocenters. The summed E-state index contributed by atoms with van der Waals surface area (Å²) in [6.07, 6.45) is 9.04. The Hall–Kier alpha value is -0.860. The highest BCUT2D eigenvalue weighted by Gasteiger charge is 2.68. The second-order valence-corrected chi connectivity index (χ2v) is 9.96. The zero-order valence-electron chi connectivity index (χ0n) is 14.8. The Balaban J connectivity index is 1.76. The van der Waals surface area contributed by atoms with Crippen molar-refractivity contribution in [2.75, 3.05) is 0 Å². The Kier molecular flexibility index (Phi) is 3.00. The lowest BCUT2D eigenvalue weighted by molar-refractivity contribution is -0.182. The molecule has 23 heavy (non-hydrogen) atoms. The summed E-state index contributed by atoms with van der Waals surface area (Å²) in [5, 5.41) is 9.91. The van der Waals surface area contributed by atoms with Gasteiger partial charge in [0, 0.05) is 11.8 Å². The van der Waals surface area contributed by atoms with Gasteiger partial charge in [0.1, 0.15) is 5.78 Å². The first-order valence-electron chi connectivity index (χ1n) is 9.43. The van der Waals surface area contributed by atoms with Gasteiger partial charge in [-0.1, -0.05) is 20.3 Å². The minimum atomic E-state index is -0.604. The third-order valence-corrected chi connectivity index (χ3v) is 8.84. The number of carbonyl (C=O) groups is 2. The fourth-order valence-electron chi connectivity index (χ4n) is 7.76. The van der Waals surface area contributed by atoms with Crippen LogP contribution < -0.4 is 0 Å². The summed E-state index contributed by atoms with van der Waals surface area (Å²) in [5.41, 5.74) is -0.357. The van der Waals surface area contributed by atoms with E-state index in [1.165, 1.54) is 0 Å². The number of carboxylic acids is 1. The van der Waals surface area contributed by atoms with Crippen LogP contribution in [0, 0.1) is 33.5 Å². The molecule has 1 N–H and O–H groups in total. The topological polar surface area (TPSA) is 54.4 Å². The van der Waals surface area contributed by atoms with Gasteiger partial charge in [-0.05, 0) is 74.5 Å². The van der Waals surface area contributed by atoms with Gasteiger partial charge in [-0.3, -0.25) is 9.59 Å². The highest BCUT2D eigenvalue weighted by atomic mass is 16.4. The maximum Gasteiger partial charge on any atom is 0.309 e. The molecule has 6 atom stereocenters. The van der Waals surface area contributed by atoms with Gasteiger partial charge in [-0.25, -0.2) is 0 Å². The second-order valence-electron chi connectivity index (χ2n) is 9.96. The molecule has 1 spiro atoms. The quantitative estimate of drug-likeness (QED) is 0.777. The van der Waals surface area contributed by atoms with Crippen LogP contribution in [-0.2, 0) is 9.59 Å². The summed E-state index contributed by atoms with van der Waals surface area (Å²) in [6.45, 7) is 6.54. The highest BCUT2D eigenvalue weighted by Crippen LogP contribution is 2.72. The van der Waals surface area contributed by atoms with Crippen LogP contribution in [0.4, 0.5) is 0 Å². The van der Waals surface area contributed by atoms with Crippen LogP contribution in [0.25, 0.3) is 0 Å². The average Bonchev–Trinajstić information content (AvgIpc) is 2.63. The smallest absolute Gasteiger partial charge is 0.309 e. The van der Waals surface area contributed by atoms with Crippen LogP contribution in [0.3, 0.4) is 0 Å². The first-order chi connectivity index (χ1) is 10.7. The number of hydrogen-bond acceptors (Lipinski definition) is 2. The summed E-state index contributed by atoms with van der Waals surface area (Å²) in [7, 11) is 0. The number of carboxylic acid groups (broad SMARTS) is 1. The molecule has 0 aromatic carbocycles. The van der Waals surface area contributed by atoms with E-state index in [1.54, 1.807) is 0 Å². The molecule has 0 aromatic rings. The van der Waals surface area contributed by atoms with E-state index in [-0.39, 0.29) is 22.2 Å². The Bertz CT molecular complexity index is 583. The predicted octanol–water partition coefficient (Wildman–Crippen LogP) is 4.44. The molecule has 4 aliphatic carbocycles. The maximum absolute atomic E-state index is 12.6. The van der Waals surface area contributed by atoms with Crippen molar-refractivity contribution in [3.05, 3.63) is 0 Å². The largest absolute Gasteiger partial charge is 0.481 e. The number of aliphatic carboxylic acids is 1. The van der Waals surface area contributed by atoms with Crippen molar-refractivity contribution in [2.45, 2.75) is 78.6 Å². The Labute approximate surface area is 139 Å². The SMILES string of the molecule is C[C@@]12CCC3[C@@](CCC4[C@@]3(C)CCC[C@@]4(C)C(=O)O)(CC1=O)C2. The van der Waals surface area contributed by atoms with Crippen molar-refractivity contribution >= 4 is 11.8 Å². The number of rotatable bonds is 1. The first-order valence-corrected chi connectivity index (χ1v) is 9.43. The molecule has 3 heteroatoms.